The average Bonchev–Trinajstić information content (AvgIpc) is 3.18. The lowest BCUT2D eigenvalue weighted by Gasteiger charge is -2.09. The molecule has 5 rings (SSSR count). The number of benzene rings is 3. The summed E-state index contributed by atoms with van der Waals surface area (Å²) in [5, 5.41) is 16.1. The predicted octanol–water partition coefficient (Wildman–Crippen LogP) is 6.22. The lowest BCUT2D eigenvalue weighted by molar-refractivity contribution is 0.102. The zero-order valence-electron chi connectivity index (χ0n) is 18.5. The van der Waals surface area contributed by atoms with E-state index in [1.54, 1.807) is 28.8 Å². The molecule has 0 aliphatic rings. The minimum absolute atomic E-state index is 0.210. The Labute approximate surface area is 204 Å². The Bertz CT molecular complexity index is 1480. The zero-order valence-corrected chi connectivity index (χ0v) is 20.1. The van der Waals surface area contributed by atoms with E-state index >= 15 is 0 Å². The van der Waals surface area contributed by atoms with Gasteiger partial charge in [-0.05, 0) is 67.9 Å². The highest BCUT2D eigenvalue weighted by molar-refractivity contribution is 9.10. The number of carbonyl (C=O) groups excluding carboxylic acids is 1. The van der Waals surface area contributed by atoms with Crippen LogP contribution in [0.2, 0.25) is 0 Å². The fourth-order valence-electron chi connectivity index (χ4n) is 3.70. The first kappa shape index (κ1) is 21.8. The van der Waals surface area contributed by atoms with Gasteiger partial charge >= 0.3 is 0 Å². The van der Waals surface area contributed by atoms with E-state index in [0.717, 1.165) is 27.0 Å². The monoisotopic (exact) mass is 513 g/mol. The number of halogens is 1. The van der Waals surface area contributed by atoms with E-state index in [1.807, 2.05) is 68.4 Å². The van der Waals surface area contributed by atoms with Crippen LogP contribution in [-0.4, -0.2) is 25.7 Å². The average molecular weight is 514 g/mol. The summed E-state index contributed by atoms with van der Waals surface area (Å²) in [4.78, 5) is 13.0. The minimum atomic E-state index is -0.359. The van der Waals surface area contributed by atoms with E-state index in [0.29, 0.717) is 22.8 Å². The van der Waals surface area contributed by atoms with Crippen molar-refractivity contribution in [3.05, 3.63) is 100 Å². The van der Waals surface area contributed by atoms with Crippen LogP contribution >= 0.6 is 15.9 Å². The Kier molecular flexibility index (Phi) is 5.81. The van der Waals surface area contributed by atoms with Crippen molar-refractivity contribution >= 4 is 33.2 Å². The molecule has 0 bridgehead atoms. The van der Waals surface area contributed by atoms with Gasteiger partial charge in [-0.2, -0.15) is 5.10 Å². The van der Waals surface area contributed by atoms with Gasteiger partial charge in [-0.25, -0.2) is 4.52 Å². The topological polar surface area (TPSA) is 81.4 Å². The molecule has 2 aromatic heterocycles. The first-order chi connectivity index (χ1) is 16.5. The lowest BCUT2D eigenvalue weighted by atomic mass is 10.1. The van der Waals surface area contributed by atoms with Crippen LogP contribution in [0, 0.1) is 13.8 Å². The standard InChI is InChI=1S/C26H20BrN5O2/c1-16-23(18-8-10-19(27)11-9-18)25-30-29-24(17(2)32(25)31-16)26(33)28-20-12-14-22(15-13-20)34-21-6-4-3-5-7-21/h3-15H,1-2H3,(H,28,33). The van der Waals surface area contributed by atoms with Crippen LogP contribution in [0.5, 0.6) is 11.5 Å². The lowest BCUT2D eigenvalue weighted by Crippen LogP contribution is -2.18. The molecular weight excluding hydrogens is 494 g/mol. The fourth-order valence-corrected chi connectivity index (χ4v) is 3.96. The molecule has 2 heterocycles. The predicted molar refractivity (Wildman–Crippen MR) is 134 cm³/mol. The maximum absolute atomic E-state index is 13.0. The smallest absolute Gasteiger partial charge is 0.278 e. The summed E-state index contributed by atoms with van der Waals surface area (Å²) in [6.45, 7) is 3.73. The van der Waals surface area contributed by atoms with Crippen molar-refractivity contribution in [3.8, 4) is 22.6 Å². The second-order valence-corrected chi connectivity index (χ2v) is 8.65. The number of para-hydroxylation sites is 1. The second kappa shape index (κ2) is 9.07. The minimum Gasteiger partial charge on any atom is -0.457 e. The molecule has 0 radical (unpaired) electrons. The van der Waals surface area contributed by atoms with Crippen molar-refractivity contribution in [2.24, 2.45) is 0 Å². The van der Waals surface area contributed by atoms with Crippen LogP contribution in [0.3, 0.4) is 0 Å². The molecule has 3 aromatic carbocycles. The van der Waals surface area contributed by atoms with Crippen molar-refractivity contribution in [3.63, 3.8) is 0 Å². The first-order valence-electron chi connectivity index (χ1n) is 10.6. The van der Waals surface area contributed by atoms with Gasteiger partial charge in [-0.1, -0.05) is 46.3 Å². The number of rotatable bonds is 5. The van der Waals surface area contributed by atoms with Gasteiger partial charge in [0.1, 0.15) is 11.5 Å². The molecule has 168 valence electrons. The van der Waals surface area contributed by atoms with E-state index in [4.69, 9.17) is 4.74 Å². The summed E-state index contributed by atoms with van der Waals surface area (Å²) in [7, 11) is 0. The van der Waals surface area contributed by atoms with E-state index in [-0.39, 0.29) is 11.6 Å². The van der Waals surface area contributed by atoms with E-state index in [1.165, 1.54) is 0 Å². The quantitative estimate of drug-likeness (QED) is 0.301. The third-order valence-corrected chi connectivity index (χ3v) is 5.91. The number of amides is 1. The molecule has 0 spiro atoms. The highest BCUT2D eigenvalue weighted by atomic mass is 79.9. The Hall–Kier alpha value is -4.04. The molecule has 0 saturated carbocycles. The van der Waals surface area contributed by atoms with Gasteiger partial charge in [-0.3, -0.25) is 4.79 Å². The molecule has 1 amide bonds. The number of aromatic nitrogens is 4. The molecule has 0 aliphatic carbocycles. The fraction of sp³-hybridized carbons (Fsp3) is 0.0769. The van der Waals surface area contributed by atoms with Crippen LogP contribution in [-0.2, 0) is 0 Å². The van der Waals surface area contributed by atoms with Gasteiger partial charge in [0.25, 0.3) is 5.91 Å². The van der Waals surface area contributed by atoms with Crippen LogP contribution in [0.15, 0.2) is 83.3 Å². The van der Waals surface area contributed by atoms with Gasteiger partial charge in [0.15, 0.2) is 11.3 Å². The maximum atomic E-state index is 13.0. The van der Waals surface area contributed by atoms with Crippen molar-refractivity contribution in [1.29, 1.82) is 0 Å². The highest BCUT2D eigenvalue weighted by Crippen LogP contribution is 2.29. The van der Waals surface area contributed by atoms with Crippen molar-refractivity contribution in [2.75, 3.05) is 5.32 Å². The third kappa shape index (κ3) is 4.27. The van der Waals surface area contributed by atoms with Gasteiger partial charge in [-0.15, -0.1) is 10.2 Å². The van der Waals surface area contributed by atoms with E-state index in [2.05, 4.69) is 36.5 Å². The van der Waals surface area contributed by atoms with Crippen molar-refractivity contribution < 1.29 is 9.53 Å². The summed E-state index contributed by atoms with van der Waals surface area (Å²) in [5.74, 6) is 1.06. The molecule has 34 heavy (non-hydrogen) atoms. The van der Waals surface area contributed by atoms with Gasteiger partial charge in [0, 0.05) is 10.2 Å². The molecule has 8 heteroatoms. The number of hydrogen-bond donors (Lipinski definition) is 1. The van der Waals surface area contributed by atoms with Gasteiger partial charge < -0.3 is 10.1 Å². The largest absolute Gasteiger partial charge is 0.457 e. The number of anilines is 1. The Morgan fingerprint density at radius 2 is 1.56 bits per heavy atom. The van der Waals surface area contributed by atoms with Crippen LogP contribution in [0.4, 0.5) is 5.69 Å². The molecule has 0 aliphatic heterocycles. The molecule has 0 fully saturated rings. The third-order valence-electron chi connectivity index (χ3n) is 5.38. The number of ether oxygens (including phenoxy) is 1. The number of aryl methyl sites for hydroxylation is 2. The number of fused-ring (bicyclic) bond motifs is 1. The van der Waals surface area contributed by atoms with E-state index in [9.17, 15) is 4.79 Å². The Balaban J connectivity index is 1.38. The number of carbonyl (C=O) groups is 1. The number of nitrogens with zero attached hydrogens (tertiary/aromatic N) is 4. The summed E-state index contributed by atoms with van der Waals surface area (Å²) in [6, 6.07) is 24.6. The molecule has 0 atom stereocenters. The normalized spacial score (nSPS) is 10.9. The van der Waals surface area contributed by atoms with Gasteiger partial charge in [0.2, 0.25) is 0 Å². The zero-order chi connectivity index (χ0) is 23.7. The molecule has 5 aromatic rings. The highest BCUT2D eigenvalue weighted by Gasteiger charge is 2.20. The summed E-state index contributed by atoms with van der Waals surface area (Å²) < 4.78 is 8.46. The number of nitrogens with one attached hydrogen (secondary N) is 1. The molecule has 7 nitrogen and oxygen atoms in total. The molecule has 1 N–H and O–H groups in total. The van der Waals surface area contributed by atoms with Crippen LogP contribution in [0.25, 0.3) is 16.8 Å². The summed E-state index contributed by atoms with van der Waals surface area (Å²) >= 11 is 3.46. The molecular formula is C26H20BrN5O2. The maximum Gasteiger partial charge on any atom is 0.278 e. The van der Waals surface area contributed by atoms with Crippen LogP contribution < -0.4 is 10.1 Å². The molecule has 0 saturated heterocycles. The van der Waals surface area contributed by atoms with Gasteiger partial charge in [0.05, 0.1) is 17.0 Å². The van der Waals surface area contributed by atoms with E-state index < -0.39 is 0 Å². The summed E-state index contributed by atoms with van der Waals surface area (Å²) in [5.41, 5.74) is 4.74. The SMILES string of the molecule is Cc1nn2c(C)c(C(=O)Nc3ccc(Oc4ccccc4)cc3)nnc2c1-c1ccc(Br)cc1. The number of hydrogen-bond acceptors (Lipinski definition) is 5. The summed E-state index contributed by atoms with van der Waals surface area (Å²) in [6.07, 6.45) is 0. The Morgan fingerprint density at radius 3 is 2.26 bits per heavy atom. The second-order valence-electron chi connectivity index (χ2n) is 7.73. The van der Waals surface area contributed by atoms with Crippen LogP contribution in [0.1, 0.15) is 21.9 Å². The van der Waals surface area contributed by atoms with Crippen molar-refractivity contribution in [2.45, 2.75) is 13.8 Å². The first-order valence-corrected chi connectivity index (χ1v) is 11.4. The molecule has 0 unspecified atom stereocenters. The van der Waals surface area contributed by atoms with Crippen molar-refractivity contribution in [1.82, 2.24) is 19.8 Å². The Morgan fingerprint density at radius 1 is 0.882 bits per heavy atom.